The minimum Gasteiger partial charge on any atom is -0.447 e. The summed E-state index contributed by atoms with van der Waals surface area (Å²) >= 11 is 0. The topological polar surface area (TPSA) is 64.3 Å². The van der Waals surface area contributed by atoms with Crippen LogP contribution < -0.4 is 11.1 Å². The summed E-state index contributed by atoms with van der Waals surface area (Å²) in [6.45, 7) is 4.99. The van der Waals surface area contributed by atoms with Gasteiger partial charge in [-0.05, 0) is 33.2 Å². The Morgan fingerprint density at radius 1 is 1.38 bits per heavy atom. The van der Waals surface area contributed by atoms with Crippen LogP contribution >= 0.6 is 0 Å². The van der Waals surface area contributed by atoms with Gasteiger partial charge in [0, 0.05) is 12.0 Å². The van der Waals surface area contributed by atoms with Crippen LogP contribution in [-0.4, -0.2) is 25.3 Å². The first kappa shape index (κ1) is 13.3. The zero-order chi connectivity index (χ0) is 12.0. The molecule has 0 heterocycles. The first-order valence-corrected chi connectivity index (χ1v) is 6.22. The monoisotopic (exact) mass is 228 g/mol. The number of nitrogens with one attached hydrogen (secondary N) is 1. The van der Waals surface area contributed by atoms with Crippen molar-refractivity contribution in [2.24, 2.45) is 11.1 Å². The molecular formula is C12H24N2O2. The number of hydrogen-bond donors (Lipinski definition) is 2. The Morgan fingerprint density at radius 3 is 2.50 bits per heavy atom. The third-order valence-corrected chi connectivity index (χ3v) is 3.30. The number of rotatable bonds is 4. The van der Waals surface area contributed by atoms with Crippen LogP contribution in [0.4, 0.5) is 4.79 Å². The highest BCUT2D eigenvalue weighted by Crippen LogP contribution is 2.34. The minimum atomic E-state index is -0.326. The minimum absolute atomic E-state index is 0.0693. The first-order chi connectivity index (χ1) is 7.58. The lowest BCUT2D eigenvalue weighted by molar-refractivity contribution is 0.106. The highest BCUT2D eigenvalue weighted by Gasteiger charge is 2.31. The summed E-state index contributed by atoms with van der Waals surface area (Å²) in [6.07, 6.45) is 5.57. The van der Waals surface area contributed by atoms with Gasteiger partial charge in [0.15, 0.2) is 0 Å². The van der Waals surface area contributed by atoms with Crippen molar-refractivity contribution < 1.29 is 9.53 Å². The van der Waals surface area contributed by atoms with Crippen molar-refractivity contribution in [1.29, 1.82) is 0 Å². The van der Waals surface area contributed by atoms with Crippen molar-refractivity contribution in [3.05, 3.63) is 0 Å². The zero-order valence-corrected chi connectivity index (χ0v) is 10.4. The molecule has 0 aliphatic heterocycles. The molecule has 1 rings (SSSR count). The summed E-state index contributed by atoms with van der Waals surface area (Å²) in [4.78, 5) is 11.4. The van der Waals surface area contributed by atoms with Crippen LogP contribution in [0.5, 0.6) is 0 Å². The fourth-order valence-electron chi connectivity index (χ4n) is 2.27. The summed E-state index contributed by atoms with van der Waals surface area (Å²) in [5, 5.41) is 2.83. The second-order valence-electron chi connectivity index (χ2n) is 5.07. The molecule has 4 heteroatoms. The van der Waals surface area contributed by atoms with Crippen LogP contribution in [0.3, 0.4) is 0 Å². The van der Waals surface area contributed by atoms with E-state index in [2.05, 4.69) is 5.32 Å². The maximum absolute atomic E-state index is 11.4. The van der Waals surface area contributed by atoms with Crippen LogP contribution in [0.2, 0.25) is 0 Å². The summed E-state index contributed by atoms with van der Waals surface area (Å²) < 4.78 is 5.04. The van der Waals surface area contributed by atoms with E-state index in [1.807, 2.05) is 13.8 Å². The molecule has 16 heavy (non-hydrogen) atoms. The summed E-state index contributed by atoms with van der Waals surface area (Å²) in [7, 11) is 0. The molecule has 0 aromatic heterocycles. The van der Waals surface area contributed by atoms with E-state index in [0.717, 1.165) is 12.8 Å². The maximum atomic E-state index is 11.4. The van der Waals surface area contributed by atoms with Gasteiger partial charge < -0.3 is 15.8 Å². The molecule has 0 atom stereocenters. The third kappa shape index (κ3) is 4.00. The smallest absolute Gasteiger partial charge is 0.407 e. The first-order valence-electron chi connectivity index (χ1n) is 6.22. The number of amides is 1. The van der Waals surface area contributed by atoms with E-state index in [1.165, 1.54) is 19.3 Å². The van der Waals surface area contributed by atoms with E-state index in [-0.39, 0.29) is 17.6 Å². The highest BCUT2D eigenvalue weighted by molar-refractivity contribution is 5.67. The fourth-order valence-corrected chi connectivity index (χ4v) is 2.27. The number of carbonyl (C=O) groups is 1. The quantitative estimate of drug-likeness (QED) is 0.773. The van der Waals surface area contributed by atoms with Crippen LogP contribution in [0, 0.1) is 5.41 Å². The third-order valence-electron chi connectivity index (χ3n) is 3.30. The van der Waals surface area contributed by atoms with Gasteiger partial charge in [0.25, 0.3) is 0 Å². The van der Waals surface area contributed by atoms with E-state index in [9.17, 15) is 4.79 Å². The molecule has 0 bridgehead atoms. The Bertz CT molecular complexity index is 223. The zero-order valence-electron chi connectivity index (χ0n) is 10.4. The van der Waals surface area contributed by atoms with Crippen molar-refractivity contribution in [3.63, 3.8) is 0 Å². The molecule has 1 aliphatic rings. The molecular weight excluding hydrogens is 204 g/mol. The lowest BCUT2D eigenvalue weighted by atomic mass is 9.74. The molecule has 3 N–H and O–H groups in total. The number of carbonyl (C=O) groups excluding carboxylic acids is 1. The van der Waals surface area contributed by atoms with E-state index in [4.69, 9.17) is 10.5 Å². The maximum Gasteiger partial charge on any atom is 0.407 e. The van der Waals surface area contributed by atoms with Crippen LogP contribution in [0.25, 0.3) is 0 Å². The number of alkyl carbamates (subject to hydrolysis) is 1. The molecule has 0 aromatic carbocycles. The van der Waals surface area contributed by atoms with Gasteiger partial charge in [0.1, 0.15) is 0 Å². The van der Waals surface area contributed by atoms with Gasteiger partial charge in [-0.2, -0.15) is 0 Å². The molecule has 4 nitrogen and oxygen atoms in total. The standard InChI is InChI=1S/C12H24N2O2/c1-10(2)16-11(15)14-9-12(8-13)6-4-3-5-7-12/h10H,3-9,13H2,1-2H3,(H,14,15). The van der Waals surface area contributed by atoms with Crippen molar-refractivity contribution in [1.82, 2.24) is 5.32 Å². The normalized spacial score (nSPS) is 19.5. The van der Waals surface area contributed by atoms with E-state index >= 15 is 0 Å². The van der Waals surface area contributed by atoms with Crippen molar-refractivity contribution in [3.8, 4) is 0 Å². The highest BCUT2D eigenvalue weighted by atomic mass is 16.6. The lowest BCUT2D eigenvalue weighted by Crippen LogP contribution is -2.44. The Labute approximate surface area is 97.9 Å². The Balaban J connectivity index is 2.35. The Morgan fingerprint density at radius 2 is 2.00 bits per heavy atom. The molecule has 1 amide bonds. The van der Waals surface area contributed by atoms with Gasteiger partial charge in [-0.25, -0.2) is 4.79 Å². The number of nitrogens with two attached hydrogens (primary N) is 1. The molecule has 1 fully saturated rings. The molecule has 0 aromatic rings. The van der Waals surface area contributed by atoms with Crippen LogP contribution in [0.15, 0.2) is 0 Å². The largest absolute Gasteiger partial charge is 0.447 e. The summed E-state index contributed by atoms with van der Waals surface area (Å²) in [5.74, 6) is 0. The molecule has 0 spiro atoms. The lowest BCUT2D eigenvalue weighted by Gasteiger charge is -2.36. The van der Waals surface area contributed by atoms with Crippen LogP contribution in [0.1, 0.15) is 46.0 Å². The SMILES string of the molecule is CC(C)OC(=O)NCC1(CN)CCCCC1. The van der Waals surface area contributed by atoms with Gasteiger partial charge in [0.2, 0.25) is 0 Å². The second-order valence-corrected chi connectivity index (χ2v) is 5.07. The van der Waals surface area contributed by atoms with Crippen molar-refractivity contribution in [2.75, 3.05) is 13.1 Å². The summed E-state index contributed by atoms with van der Waals surface area (Å²) in [5.41, 5.74) is 5.94. The molecule has 1 aliphatic carbocycles. The fraction of sp³-hybridized carbons (Fsp3) is 0.917. The van der Waals surface area contributed by atoms with Gasteiger partial charge in [0.05, 0.1) is 6.10 Å². The molecule has 0 radical (unpaired) electrons. The van der Waals surface area contributed by atoms with Gasteiger partial charge in [-0.3, -0.25) is 0 Å². The molecule has 0 saturated heterocycles. The Kier molecular flexibility index (Phi) is 5.06. The van der Waals surface area contributed by atoms with E-state index < -0.39 is 0 Å². The van der Waals surface area contributed by atoms with Gasteiger partial charge in [-0.15, -0.1) is 0 Å². The Hall–Kier alpha value is -0.770. The van der Waals surface area contributed by atoms with Crippen molar-refractivity contribution in [2.45, 2.75) is 52.1 Å². The number of ether oxygens (including phenoxy) is 1. The van der Waals surface area contributed by atoms with Gasteiger partial charge in [-0.1, -0.05) is 19.3 Å². The summed E-state index contributed by atoms with van der Waals surface area (Å²) in [6, 6.07) is 0. The molecule has 94 valence electrons. The molecule has 1 saturated carbocycles. The average molecular weight is 228 g/mol. The van der Waals surface area contributed by atoms with E-state index in [0.29, 0.717) is 13.1 Å². The van der Waals surface area contributed by atoms with Gasteiger partial charge >= 0.3 is 6.09 Å². The second kappa shape index (κ2) is 6.09. The average Bonchev–Trinajstić information content (AvgIpc) is 2.27. The van der Waals surface area contributed by atoms with Crippen molar-refractivity contribution >= 4 is 6.09 Å². The predicted molar refractivity (Wildman–Crippen MR) is 64.2 cm³/mol. The van der Waals surface area contributed by atoms with E-state index in [1.54, 1.807) is 0 Å². The molecule has 0 unspecified atom stereocenters. The van der Waals surface area contributed by atoms with Crippen LogP contribution in [-0.2, 0) is 4.74 Å². The predicted octanol–water partition coefficient (Wildman–Crippen LogP) is 2.03. The number of hydrogen-bond acceptors (Lipinski definition) is 3.